The Bertz CT molecular complexity index is 924. The highest BCUT2D eigenvalue weighted by Gasteiger charge is 2.14. The molecule has 0 aliphatic carbocycles. The maximum atomic E-state index is 6.03. The van der Waals surface area contributed by atoms with Crippen LogP contribution in [-0.2, 0) is 0 Å². The smallest absolute Gasteiger partial charge is 0.149 e. The van der Waals surface area contributed by atoms with Gasteiger partial charge in [-0.1, -0.05) is 66.7 Å². The molecule has 0 amide bonds. The van der Waals surface area contributed by atoms with Crippen LogP contribution in [0.25, 0.3) is 33.4 Å². The predicted octanol–water partition coefficient (Wildman–Crippen LogP) is 6.53. The van der Waals surface area contributed by atoms with Crippen molar-refractivity contribution in [2.45, 2.75) is 0 Å². The molecule has 1 aromatic heterocycles. The van der Waals surface area contributed by atoms with E-state index in [0.29, 0.717) is 0 Å². The fourth-order valence-electron chi connectivity index (χ4n) is 2.65. The van der Waals surface area contributed by atoms with Gasteiger partial charge in [-0.2, -0.15) is 0 Å². The number of benzene rings is 3. The van der Waals surface area contributed by atoms with E-state index in [1.54, 1.807) is 0 Å². The minimum absolute atomic E-state index is 0.876. The predicted molar refractivity (Wildman–Crippen MR) is 94.8 cm³/mol. The fraction of sp³-hybridized carbons (Fsp3) is 0. The van der Waals surface area contributed by atoms with E-state index in [1.165, 1.54) is 11.1 Å². The molecular formula is C20H13BrO. The molecule has 4 rings (SSSR count). The molecule has 0 N–H and O–H groups in total. The molecule has 106 valence electrons. The van der Waals surface area contributed by atoms with Gasteiger partial charge in [0.05, 0.1) is 4.47 Å². The lowest BCUT2D eigenvalue weighted by molar-refractivity contribution is 0.630. The molecule has 0 atom stereocenters. The van der Waals surface area contributed by atoms with Gasteiger partial charge < -0.3 is 4.42 Å². The van der Waals surface area contributed by atoms with E-state index in [2.05, 4.69) is 64.5 Å². The van der Waals surface area contributed by atoms with Gasteiger partial charge >= 0.3 is 0 Å². The first-order valence-corrected chi connectivity index (χ1v) is 7.95. The maximum absolute atomic E-state index is 6.03. The Morgan fingerprint density at radius 1 is 0.636 bits per heavy atom. The number of hydrogen-bond acceptors (Lipinski definition) is 1. The quantitative estimate of drug-likeness (QED) is 0.401. The SMILES string of the molecule is Brc1c(-c2ccccc2)oc2ccc(-c3ccccc3)cc12. The molecule has 0 saturated heterocycles. The molecule has 0 unspecified atom stereocenters. The second kappa shape index (κ2) is 5.47. The average molecular weight is 349 g/mol. The van der Waals surface area contributed by atoms with Crippen molar-refractivity contribution in [2.75, 3.05) is 0 Å². The summed E-state index contributed by atoms with van der Waals surface area (Å²) in [4.78, 5) is 0. The average Bonchev–Trinajstić information content (AvgIpc) is 2.93. The van der Waals surface area contributed by atoms with Crippen molar-refractivity contribution in [2.24, 2.45) is 0 Å². The Kier molecular flexibility index (Phi) is 3.32. The fourth-order valence-corrected chi connectivity index (χ4v) is 3.27. The Morgan fingerprint density at radius 3 is 1.95 bits per heavy atom. The molecule has 0 saturated carbocycles. The first-order valence-electron chi connectivity index (χ1n) is 7.16. The zero-order valence-corrected chi connectivity index (χ0v) is 13.4. The third-order valence-corrected chi connectivity index (χ3v) is 4.56. The van der Waals surface area contributed by atoms with Crippen LogP contribution in [0.4, 0.5) is 0 Å². The van der Waals surface area contributed by atoms with Crippen molar-refractivity contribution in [1.29, 1.82) is 0 Å². The second-order valence-electron chi connectivity index (χ2n) is 5.19. The van der Waals surface area contributed by atoms with Crippen LogP contribution < -0.4 is 0 Å². The largest absolute Gasteiger partial charge is 0.455 e. The van der Waals surface area contributed by atoms with Crippen LogP contribution in [0.3, 0.4) is 0 Å². The van der Waals surface area contributed by atoms with Gasteiger partial charge in [0, 0.05) is 10.9 Å². The first-order chi connectivity index (χ1) is 10.8. The van der Waals surface area contributed by atoms with E-state index in [9.17, 15) is 0 Å². The van der Waals surface area contributed by atoms with Gasteiger partial charge in [-0.05, 0) is 39.2 Å². The molecule has 0 bridgehead atoms. The van der Waals surface area contributed by atoms with E-state index in [1.807, 2.05) is 30.3 Å². The zero-order valence-electron chi connectivity index (χ0n) is 11.8. The summed E-state index contributed by atoms with van der Waals surface area (Å²) in [6.07, 6.45) is 0. The minimum Gasteiger partial charge on any atom is -0.455 e. The minimum atomic E-state index is 0.876. The summed E-state index contributed by atoms with van der Waals surface area (Å²) < 4.78 is 7.03. The molecule has 0 aliphatic rings. The van der Waals surface area contributed by atoms with Gasteiger partial charge in [-0.3, -0.25) is 0 Å². The maximum Gasteiger partial charge on any atom is 0.149 e. The monoisotopic (exact) mass is 348 g/mol. The van der Waals surface area contributed by atoms with Gasteiger partial charge in [-0.15, -0.1) is 0 Å². The lowest BCUT2D eigenvalue weighted by Gasteiger charge is -2.00. The normalized spacial score (nSPS) is 11.0. The van der Waals surface area contributed by atoms with E-state index < -0.39 is 0 Å². The highest BCUT2D eigenvalue weighted by molar-refractivity contribution is 9.10. The molecule has 4 aromatic rings. The number of halogens is 1. The van der Waals surface area contributed by atoms with Crippen LogP contribution in [0, 0.1) is 0 Å². The van der Waals surface area contributed by atoms with Crippen LogP contribution in [0.15, 0.2) is 87.8 Å². The molecule has 0 spiro atoms. The summed E-state index contributed by atoms with van der Waals surface area (Å²) >= 11 is 3.70. The lowest BCUT2D eigenvalue weighted by atomic mass is 10.0. The molecule has 0 fully saturated rings. The number of hydrogen-bond donors (Lipinski definition) is 0. The zero-order chi connectivity index (χ0) is 14.9. The van der Waals surface area contributed by atoms with Gasteiger partial charge in [-0.25, -0.2) is 0 Å². The van der Waals surface area contributed by atoms with E-state index in [-0.39, 0.29) is 0 Å². The number of rotatable bonds is 2. The van der Waals surface area contributed by atoms with Crippen LogP contribution >= 0.6 is 15.9 Å². The first kappa shape index (κ1) is 13.4. The van der Waals surface area contributed by atoms with Gasteiger partial charge in [0.1, 0.15) is 11.3 Å². The lowest BCUT2D eigenvalue weighted by Crippen LogP contribution is -1.76. The van der Waals surface area contributed by atoms with Crippen molar-refractivity contribution in [3.05, 3.63) is 83.3 Å². The molecule has 22 heavy (non-hydrogen) atoms. The topological polar surface area (TPSA) is 13.1 Å². The van der Waals surface area contributed by atoms with Crippen LogP contribution in [0.5, 0.6) is 0 Å². The number of furan rings is 1. The summed E-state index contributed by atoms with van der Waals surface area (Å²) in [5.74, 6) is 0.876. The molecule has 3 aromatic carbocycles. The van der Waals surface area contributed by atoms with Crippen molar-refractivity contribution < 1.29 is 4.42 Å². The van der Waals surface area contributed by atoms with Crippen molar-refractivity contribution in [1.82, 2.24) is 0 Å². The van der Waals surface area contributed by atoms with Crippen LogP contribution in [-0.4, -0.2) is 0 Å². The Hall–Kier alpha value is -2.32. The van der Waals surface area contributed by atoms with Gasteiger partial charge in [0.25, 0.3) is 0 Å². The Balaban J connectivity index is 1.89. The Labute approximate surface area is 137 Å². The van der Waals surface area contributed by atoms with E-state index in [4.69, 9.17) is 4.42 Å². The molecule has 0 radical (unpaired) electrons. The standard InChI is InChI=1S/C20H13BrO/c21-19-17-13-16(14-7-3-1-4-8-14)11-12-18(17)22-20(19)15-9-5-2-6-10-15/h1-13H. The summed E-state index contributed by atoms with van der Waals surface area (Å²) in [5, 5.41) is 1.10. The van der Waals surface area contributed by atoms with Crippen molar-refractivity contribution in [3.63, 3.8) is 0 Å². The van der Waals surface area contributed by atoms with Gasteiger partial charge in [0.15, 0.2) is 0 Å². The Morgan fingerprint density at radius 2 is 1.27 bits per heavy atom. The number of fused-ring (bicyclic) bond motifs is 1. The summed E-state index contributed by atoms with van der Waals surface area (Å²) in [5.41, 5.74) is 4.37. The van der Waals surface area contributed by atoms with E-state index in [0.717, 1.165) is 26.8 Å². The molecule has 2 heteroatoms. The summed E-state index contributed by atoms with van der Waals surface area (Å²) in [6, 6.07) is 26.8. The highest BCUT2D eigenvalue weighted by atomic mass is 79.9. The molecule has 1 nitrogen and oxygen atoms in total. The van der Waals surface area contributed by atoms with E-state index >= 15 is 0 Å². The van der Waals surface area contributed by atoms with Crippen LogP contribution in [0.2, 0.25) is 0 Å². The highest BCUT2D eigenvalue weighted by Crippen LogP contribution is 2.39. The third kappa shape index (κ3) is 2.26. The third-order valence-electron chi connectivity index (χ3n) is 3.77. The summed E-state index contributed by atoms with van der Waals surface area (Å²) in [7, 11) is 0. The van der Waals surface area contributed by atoms with Crippen molar-refractivity contribution in [3.8, 4) is 22.5 Å². The summed E-state index contributed by atoms with van der Waals surface area (Å²) in [6.45, 7) is 0. The van der Waals surface area contributed by atoms with Gasteiger partial charge in [0.2, 0.25) is 0 Å². The molecular weight excluding hydrogens is 336 g/mol. The molecule has 1 heterocycles. The molecule has 0 aliphatic heterocycles. The second-order valence-corrected chi connectivity index (χ2v) is 5.98. The van der Waals surface area contributed by atoms with Crippen LogP contribution in [0.1, 0.15) is 0 Å². The van der Waals surface area contributed by atoms with Crippen molar-refractivity contribution >= 4 is 26.9 Å².